The van der Waals surface area contributed by atoms with Crippen LogP contribution in [0.2, 0.25) is 0 Å². The van der Waals surface area contributed by atoms with Gasteiger partial charge in [0.25, 0.3) is 0 Å². The van der Waals surface area contributed by atoms with Crippen LogP contribution in [0.5, 0.6) is 11.5 Å². The van der Waals surface area contributed by atoms with Gasteiger partial charge in [-0.25, -0.2) is 9.37 Å². The number of carbonyl (C=O) groups excluding carboxylic acids is 1. The molecule has 2 aromatic rings. The Morgan fingerprint density at radius 1 is 1.37 bits per heavy atom. The average Bonchev–Trinajstić information content (AvgIpc) is 2.59. The van der Waals surface area contributed by atoms with Gasteiger partial charge in [0.15, 0.2) is 11.4 Å². The summed E-state index contributed by atoms with van der Waals surface area (Å²) in [7, 11) is 0. The molecule has 0 radical (unpaired) electrons. The van der Waals surface area contributed by atoms with Crippen LogP contribution < -0.4 is 4.74 Å². The topological polar surface area (TPSA) is 105 Å². The van der Waals surface area contributed by atoms with Gasteiger partial charge < -0.3 is 14.7 Å². The first-order valence-corrected chi connectivity index (χ1v) is 7.95. The number of aromatic hydroxyl groups is 1. The number of phenols is 1. The number of nitriles is 1. The third-order valence-electron chi connectivity index (χ3n) is 3.14. The van der Waals surface area contributed by atoms with Gasteiger partial charge in [-0.3, -0.25) is 4.79 Å². The van der Waals surface area contributed by atoms with Crippen LogP contribution in [0.15, 0.2) is 35.6 Å². The lowest BCUT2D eigenvalue weighted by atomic mass is 10.0. The molecule has 1 aromatic carbocycles. The van der Waals surface area contributed by atoms with Gasteiger partial charge in [-0.2, -0.15) is 5.26 Å². The van der Waals surface area contributed by atoms with Crippen LogP contribution in [0, 0.1) is 17.1 Å². The Hall–Kier alpha value is -3.47. The van der Waals surface area contributed by atoms with Gasteiger partial charge in [-0.1, -0.05) is 5.16 Å². The van der Waals surface area contributed by atoms with E-state index in [-0.39, 0.29) is 28.5 Å². The Labute approximate surface area is 155 Å². The average molecular weight is 371 g/mol. The number of benzene rings is 1. The van der Waals surface area contributed by atoms with Crippen molar-refractivity contribution in [2.75, 3.05) is 0 Å². The van der Waals surface area contributed by atoms with Crippen molar-refractivity contribution < 1.29 is 23.9 Å². The van der Waals surface area contributed by atoms with Gasteiger partial charge in [-0.05, 0) is 39.0 Å². The number of carbonyl (C=O) groups is 1. The molecule has 0 spiro atoms. The van der Waals surface area contributed by atoms with Gasteiger partial charge in [-0.15, -0.1) is 0 Å². The molecule has 2 rings (SSSR count). The number of oxime groups is 1. The molecule has 0 amide bonds. The van der Waals surface area contributed by atoms with Gasteiger partial charge in [0.2, 0.25) is 11.7 Å². The summed E-state index contributed by atoms with van der Waals surface area (Å²) in [4.78, 5) is 22.0. The van der Waals surface area contributed by atoms with E-state index in [2.05, 4.69) is 10.1 Å². The molecule has 0 fully saturated rings. The number of rotatable bonds is 4. The van der Waals surface area contributed by atoms with Crippen molar-refractivity contribution in [3.8, 4) is 17.6 Å². The van der Waals surface area contributed by atoms with Crippen molar-refractivity contribution in [2.45, 2.75) is 33.3 Å². The minimum Gasteiger partial charge on any atom is -0.507 e. The molecule has 140 valence electrons. The number of nitrogens with zero attached hydrogens (tertiary/aromatic N) is 3. The number of aromatic nitrogens is 1. The number of phenolic OH excluding ortho intramolecular Hbond substituents is 1. The van der Waals surface area contributed by atoms with Crippen molar-refractivity contribution in [3.63, 3.8) is 0 Å². The maximum atomic E-state index is 13.6. The molecule has 27 heavy (non-hydrogen) atoms. The van der Waals surface area contributed by atoms with Crippen LogP contribution in [-0.4, -0.2) is 27.4 Å². The van der Waals surface area contributed by atoms with Gasteiger partial charge in [0.05, 0.1) is 11.1 Å². The highest BCUT2D eigenvalue weighted by Crippen LogP contribution is 2.27. The molecule has 0 unspecified atom stereocenters. The summed E-state index contributed by atoms with van der Waals surface area (Å²) in [5, 5.41) is 22.7. The minimum atomic E-state index is -0.925. The van der Waals surface area contributed by atoms with E-state index in [0.717, 1.165) is 6.07 Å². The smallest absolute Gasteiger partial charge is 0.228 e. The highest BCUT2D eigenvalue weighted by atomic mass is 19.1. The first-order valence-electron chi connectivity index (χ1n) is 7.95. The molecule has 0 aliphatic heterocycles. The number of halogens is 1. The van der Waals surface area contributed by atoms with Crippen molar-refractivity contribution in [2.24, 2.45) is 5.16 Å². The fraction of sp³-hybridized carbons (Fsp3) is 0.263. The third kappa shape index (κ3) is 5.01. The number of ketones is 1. The fourth-order valence-electron chi connectivity index (χ4n) is 1.98. The second kappa shape index (κ2) is 7.83. The van der Waals surface area contributed by atoms with Crippen molar-refractivity contribution in [1.82, 2.24) is 4.98 Å². The quantitative estimate of drug-likeness (QED) is 0.381. The number of hydrogen-bond donors (Lipinski definition) is 1. The van der Waals surface area contributed by atoms with Crippen LogP contribution >= 0.6 is 0 Å². The highest BCUT2D eigenvalue weighted by molar-refractivity contribution is 6.11. The molecular weight excluding hydrogens is 353 g/mol. The second-order valence-electron chi connectivity index (χ2n) is 6.56. The normalized spacial score (nSPS) is 11.6. The molecule has 0 saturated heterocycles. The van der Waals surface area contributed by atoms with Gasteiger partial charge >= 0.3 is 0 Å². The predicted molar refractivity (Wildman–Crippen MR) is 95.0 cm³/mol. The largest absolute Gasteiger partial charge is 0.507 e. The summed E-state index contributed by atoms with van der Waals surface area (Å²) in [5.74, 6) is -2.05. The maximum absolute atomic E-state index is 13.6. The molecule has 1 heterocycles. The van der Waals surface area contributed by atoms with E-state index in [1.54, 1.807) is 12.1 Å². The summed E-state index contributed by atoms with van der Waals surface area (Å²) >= 11 is 0. The van der Waals surface area contributed by atoms with E-state index in [0.29, 0.717) is 6.07 Å². The summed E-state index contributed by atoms with van der Waals surface area (Å²) in [6.45, 7) is 6.98. The SMILES string of the molecule is CC(=NOC(C)(C)C)Oc1cccnc1C(=O)c1cc(C#N)c(F)cc1O. The number of hydrogen-bond acceptors (Lipinski definition) is 7. The van der Waals surface area contributed by atoms with Crippen LogP contribution in [-0.2, 0) is 4.84 Å². The number of ether oxygens (including phenoxy) is 1. The van der Waals surface area contributed by atoms with Crippen LogP contribution in [0.3, 0.4) is 0 Å². The molecular formula is C19H18FN3O4. The third-order valence-corrected chi connectivity index (χ3v) is 3.14. The molecule has 0 atom stereocenters. The van der Waals surface area contributed by atoms with Gasteiger partial charge in [0.1, 0.15) is 23.2 Å². The zero-order valence-electron chi connectivity index (χ0n) is 15.3. The Morgan fingerprint density at radius 2 is 2.07 bits per heavy atom. The molecule has 0 aliphatic carbocycles. The Kier molecular flexibility index (Phi) is 5.75. The van der Waals surface area contributed by atoms with Crippen molar-refractivity contribution in [1.29, 1.82) is 5.26 Å². The Morgan fingerprint density at radius 3 is 2.70 bits per heavy atom. The first-order chi connectivity index (χ1) is 12.6. The maximum Gasteiger partial charge on any atom is 0.228 e. The minimum absolute atomic E-state index is 0.0727. The molecule has 0 saturated carbocycles. The lowest BCUT2D eigenvalue weighted by Crippen LogP contribution is -2.18. The first kappa shape index (κ1) is 19.8. The van der Waals surface area contributed by atoms with Crippen molar-refractivity contribution >= 4 is 11.7 Å². The lowest BCUT2D eigenvalue weighted by Gasteiger charge is -2.16. The molecule has 0 aliphatic rings. The molecule has 8 heteroatoms. The summed E-state index contributed by atoms with van der Waals surface area (Å²) in [6, 6.07) is 6.34. The molecule has 1 N–H and O–H groups in total. The van der Waals surface area contributed by atoms with Crippen molar-refractivity contribution in [3.05, 3.63) is 53.1 Å². The summed E-state index contributed by atoms with van der Waals surface area (Å²) < 4.78 is 19.1. The molecule has 7 nitrogen and oxygen atoms in total. The van der Waals surface area contributed by atoms with E-state index < -0.39 is 23.0 Å². The second-order valence-corrected chi connectivity index (χ2v) is 6.56. The van der Waals surface area contributed by atoms with E-state index in [1.807, 2.05) is 20.8 Å². The van der Waals surface area contributed by atoms with Gasteiger partial charge in [0, 0.05) is 19.2 Å². The Balaban J connectivity index is 2.38. The highest BCUT2D eigenvalue weighted by Gasteiger charge is 2.22. The molecule has 1 aromatic heterocycles. The van der Waals surface area contributed by atoms with Crippen LogP contribution in [0.1, 0.15) is 49.3 Å². The standard InChI is InChI=1S/C19H18FN3O4/c1-11(23-27-19(2,3)4)26-16-6-5-7-22-17(16)18(25)13-8-12(10-21)14(20)9-15(13)24/h5-9,24H,1-4H3. The Bertz CT molecular complexity index is 943. The van der Waals surface area contributed by atoms with E-state index >= 15 is 0 Å². The van der Waals surface area contributed by atoms with E-state index in [9.17, 15) is 14.3 Å². The van der Waals surface area contributed by atoms with E-state index in [1.165, 1.54) is 19.2 Å². The lowest BCUT2D eigenvalue weighted by molar-refractivity contribution is -0.00187. The molecule has 0 bridgehead atoms. The zero-order valence-corrected chi connectivity index (χ0v) is 15.3. The summed E-state index contributed by atoms with van der Waals surface area (Å²) in [5.41, 5.74) is -1.29. The van der Waals surface area contributed by atoms with Crippen LogP contribution in [0.4, 0.5) is 4.39 Å². The zero-order chi connectivity index (χ0) is 20.2. The number of pyridine rings is 1. The van der Waals surface area contributed by atoms with Crippen LogP contribution in [0.25, 0.3) is 0 Å². The van der Waals surface area contributed by atoms with E-state index in [4.69, 9.17) is 14.8 Å². The monoisotopic (exact) mass is 371 g/mol. The predicted octanol–water partition coefficient (Wildman–Crippen LogP) is 3.56. The summed E-state index contributed by atoms with van der Waals surface area (Å²) in [6.07, 6.45) is 1.37. The fourth-order valence-corrected chi connectivity index (χ4v) is 1.98.